The van der Waals surface area contributed by atoms with Gasteiger partial charge in [-0.15, -0.1) is 0 Å². The van der Waals surface area contributed by atoms with Gasteiger partial charge in [-0.2, -0.15) is 4.98 Å². The molecule has 0 unspecified atom stereocenters. The zero-order valence-electron chi connectivity index (χ0n) is 10.7. The quantitative estimate of drug-likeness (QED) is 0.282. The van der Waals surface area contributed by atoms with Crippen molar-refractivity contribution in [2.45, 2.75) is 24.6 Å². The Bertz CT molecular complexity index is 657. The number of nitrogens with two attached hydrogens (primary N) is 1. The number of aromatic amines is 2. The molecular formula is C10H15N5O6. The molecule has 2 aromatic rings. The van der Waals surface area contributed by atoms with Crippen LogP contribution in [0.4, 0.5) is 5.95 Å². The van der Waals surface area contributed by atoms with Crippen LogP contribution >= 0.6 is 0 Å². The second-order valence-corrected chi connectivity index (χ2v) is 4.28. The van der Waals surface area contributed by atoms with Crippen LogP contribution in [0.1, 0.15) is 0 Å². The highest BCUT2D eigenvalue weighted by molar-refractivity contribution is 5.69. The van der Waals surface area contributed by atoms with E-state index >= 15 is 0 Å². The van der Waals surface area contributed by atoms with E-state index in [4.69, 9.17) is 26.2 Å². The summed E-state index contributed by atoms with van der Waals surface area (Å²) in [5, 5.41) is 35.0. The number of nitrogens with zero attached hydrogens (tertiary/aromatic N) is 2. The molecule has 3 heterocycles. The van der Waals surface area contributed by atoms with Gasteiger partial charge in [-0.3, -0.25) is 9.78 Å². The number of nitrogen functional groups attached to an aromatic ring is 1. The molecule has 1 aliphatic heterocycles. The minimum Gasteiger partial charge on any atom is -0.394 e. The lowest BCUT2D eigenvalue weighted by Gasteiger charge is -2.09. The Hall–Kier alpha value is -2.05. The van der Waals surface area contributed by atoms with Crippen LogP contribution in [0.25, 0.3) is 11.2 Å². The molecule has 0 bridgehead atoms. The van der Waals surface area contributed by atoms with Gasteiger partial charge in [-0.25, -0.2) is 4.98 Å². The maximum Gasteiger partial charge on any atom is 0.278 e. The number of H-pyrrole nitrogens is 2. The van der Waals surface area contributed by atoms with Crippen LogP contribution < -0.4 is 11.3 Å². The predicted molar refractivity (Wildman–Crippen MR) is 68.9 cm³/mol. The fraction of sp³-hybridized carbons (Fsp3) is 0.500. The summed E-state index contributed by atoms with van der Waals surface area (Å²) in [6.45, 7) is -0.407. The van der Waals surface area contributed by atoms with E-state index in [1.165, 1.54) is 6.33 Å². The van der Waals surface area contributed by atoms with Crippen LogP contribution in [0.5, 0.6) is 0 Å². The number of fused-ring (bicyclic) bond motifs is 1. The molecule has 0 aromatic carbocycles. The Balaban J connectivity index is 0.000000155. The largest absolute Gasteiger partial charge is 0.394 e. The van der Waals surface area contributed by atoms with Crippen LogP contribution in [0.2, 0.25) is 0 Å². The molecule has 1 aliphatic rings. The van der Waals surface area contributed by atoms with Gasteiger partial charge in [0.1, 0.15) is 18.3 Å². The van der Waals surface area contributed by atoms with Crippen molar-refractivity contribution in [2.75, 3.05) is 12.3 Å². The van der Waals surface area contributed by atoms with Crippen LogP contribution in [0.15, 0.2) is 11.1 Å². The molecule has 0 spiro atoms. The zero-order chi connectivity index (χ0) is 15.6. The SMILES string of the molecule is Nc1nc2nc[nH]c2c(=O)[nH]1.OC[C@H]1O[C@@H](O)[C@@H](O)[C@@H]1O. The molecule has 1 saturated heterocycles. The smallest absolute Gasteiger partial charge is 0.278 e. The van der Waals surface area contributed by atoms with Crippen molar-refractivity contribution in [3.63, 3.8) is 0 Å². The second-order valence-electron chi connectivity index (χ2n) is 4.28. The van der Waals surface area contributed by atoms with E-state index in [-0.39, 0.29) is 11.5 Å². The molecule has 21 heavy (non-hydrogen) atoms. The van der Waals surface area contributed by atoms with Crippen molar-refractivity contribution in [3.8, 4) is 0 Å². The molecule has 0 aliphatic carbocycles. The van der Waals surface area contributed by atoms with E-state index in [1.54, 1.807) is 0 Å². The number of hydrogen-bond donors (Lipinski definition) is 7. The van der Waals surface area contributed by atoms with Crippen LogP contribution in [-0.2, 0) is 4.74 Å². The highest BCUT2D eigenvalue weighted by atomic mass is 16.6. The van der Waals surface area contributed by atoms with Crippen molar-refractivity contribution in [1.82, 2.24) is 19.9 Å². The number of aromatic nitrogens is 4. The number of anilines is 1. The summed E-state index contributed by atoms with van der Waals surface area (Å²) in [6.07, 6.45) is -3.36. The summed E-state index contributed by atoms with van der Waals surface area (Å²) >= 11 is 0. The Morgan fingerprint density at radius 1 is 1.33 bits per heavy atom. The topological polar surface area (TPSA) is 191 Å². The fourth-order valence-corrected chi connectivity index (χ4v) is 1.74. The summed E-state index contributed by atoms with van der Waals surface area (Å²) in [6, 6.07) is 0. The number of aliphatic hydroxyl groups is 4. The number of rotatable bonds is 1. The van der Waals surface area contributed by atoms with Gasteiger partial charge in [0.15, 0.2) is 17.5 Å². The lowest BCUT2D eigenvalue weighted by Crippen LogP contribution is -2.33. The molecule has 0 amide bonds. The van der Waals surface area contributed by atoms with Gasteiger partial charge in [-0.05, 0) is 0 Å². The highest BCUT2D eigenvalue weighted by Crippen LogP contribution is 2.18. The molecule has 4 atom stereocenters. The van der Waals surface area contributed by atoms with Gasteiger partial charge in [0.25, 0.3) is 5.56 Å². The number of imidazole rings is 1. The average molecular weight is 301 g/mol. The summed E-state index contributed by atoms with van der Waals surface area (Å²) < 4.78 is 4.54. The van der Waals surface area contributed by atoms with Crippen LogP contribution in [0.3, 0.4) is 0 Å². The molecule has 11 nitrogen and oxygen atoms in total. The summed E-state index contributed by atoms with van der Waals surface area (Å²) in [4.78, 5) is 23.5. The third-order valence-electron chi connectivity index (χ3n) is 2.83. The van der Waals surface area contributed by atoms with Crippen LogP contribution in [0, 0.1) is 0 Å². The van der Waals surface area contributed by atoms with E-state index in [0.29, 0.717) is 11.2 Å². The highest BCUT2D eigenvalue weighted by Gasteiger charge is 2.41. The molecule has 116 valence electrons. The van der Waals surface area contributed by atoms with Crippen molar-refractivity contribution in [3.05, 3.63) is 16.7 Å². The zero-order valence-corrected chi connectivity index (χ0v) is 10.7. The average Bonchev–Trinajstić information content (AvgIpc) is 3.00. The summed E-state index contributed by atoms with van der Waals surface area (Å²) in [5.74, 6) is 0.0783. The molecule has 11 heteroatoms. The molecule has 1 fully saturated rings. The summed E-state index contributed by atoms with van der Waals surface area (Å²) in [7, 11) is 0. The third kappa shape index (κ3) is 3.17. The van der Waals surface area contributed by atoms with Gasteiger partial charge in [0.05, 0.1) is 12.9 Å². The minimum atomic E-state index is -1.38. The summed E-state index contributed by atoms with van der Waals surface area (Å²) in [5.41, 5.74) is 5.65. The molecule has 0 radical (unpaired) electrons. The Morgan fingerprint density at radius 2 is 2.05 bits per heavy atom. The number of hydrogen-bond acceptors (Lipinski definition) is 9. The lowest BCUT2D eigenvalue weighted by atomic mass is 10.1. The molecule has 8 N–H and O–H groups in total. The maximum atomic E-state index is 11.0. The van der Waals surface area contributed by atoms with E-state index in [9.17, 15) is 4.79 Å². The normalized spacial score (nSPS) is 28.4. The van der Waals surface area contributed by atoms with Gasteiger partial charge in [-0.1, -0.05) is 0 Å². The standard InChI is InChI=1S/C5H5N5O.C5H10O5/c6-5-9-3-2(4(11)10-5)7-1-8-3;6-1-2-3(7)4(8)5(9)10-2/h1H,(H4,6,7,8,9,10,11);2-9H,1H2/t;2-,3-,4+,5-/m.1/s1. The second kappa shape index (κ2) is 6.15. The minimum absolute atomic E-state index is 0.0783. The number of nitrogens with one attached hydrogen (secondary N) is 2. The van der Waals surface area contributed by atoms with E-state index in [0.717, 1.165) is 0 Å². The molecular weight excluding hydrogens is 286 g/mol. The Labute approximate surface area is 117 Å². The van der Waals surface area contributed by atoms with Crippen molar-refractivity contribution in [2.24, 2.45) is 0 Å². The number of aliphatic hydroxyl groups excluding tert-OH is 4. The Kier molecular flexibility index (Phi) is 4.50. The molecule has 0 saturated carbocycles. The fourth-order valence-electron chi connectivity index (χ4n) is 1.74. The first-order valence-corrected chi connectivity index (χ1v) is 5.93. The monoisotopic (exact) mass is 301 g/mol. The Morgan fingerprint density at radius 3 is 2.57 bits per heavy atom. The first kappa shape index (κ1) is 15.3. The van der Waals surface area contributed by atoms with Crippen LogP contribution in [-0.4, -0.2) is 71.6 Å². The van der Waals surface area contributed by atoms with Gasteiger partial charge >= 0.3 is 0 Å². The molecule has 3 rings (SSSR count). The number of ether oxygens (including phenoxy) is 1. The van der Waals surface area contributed by atoms with Crippen molar-refractivity contribution >= 4 is 17.1 Å². The van der Waals surface area contributed by atoms with E-state index in [1.807, 2.05) is 0 Å². The maximum absolute atomic E-state index is 11.0. The molecule has 2 aromatic heterocycles. The van der Waals surface area contributed by atoms with E-state index < -0.39 is 31.2 Å². The first-order chi connectivity index (χ1) is 9.93. The third-order valence-corrected chi connectivity index (χ3v) is 2.83. The van der Waals surface area contributed by atoms with Gasteiger partial charge in [0.2, 0.25) is 5.95 Å². The van der Waals surface area contributed by atoms with Crippen molar-refractivity contribution < 1.29 is 25.2 Å². The van der Waals surface area contributed by atoms with Gasteiger partial charge in [0, 0.05) is 0 Å². The van der Waals surface area contributed by atoms with Crippen molar-refractivity contribution in [1.29, 1.82) is 0 Å². The van der Waals surface area contributed by atoms with Gasteiger partial charge < -0.3 is 35.9 Å². The van der Waals surface area contributed by atoms with E-state index in [2.05, 4.69) is 24.7 Å². The predicted octanol–water partition coefficient (Wildman–Crippen LogP) is -3.35. The lowest BCUT2D eigenvalue weighted by molar-refractivity contribution is -0.132. The first-order valence-electron chi connectivity index (χ1n) is 5.93.